The van der Waals surface area contributed by atoms with Gasteiger partial charge in [0, 0.05) is 25.2 Å². The quantitative estimate of drug-likeness (QED) is 0.843. The monoisotopic (exact) mass is 310 g/mol. The Morgan fingerprint density at radius 2 is 1.91 bits per heavy atom. The van der Waals surface area contributed by atoms with Crippen LogP contribution in [0.25, 0.3) is 0 Å². The Morgan fingerprint density at radius 1 is 1.23 bits per heavy atom. The van der Waals surface area contributed by atoms with Crippen LogP contribution in [0, 0.1) is 11.3 Å². The normalized spacial score (nSPS) is 32.1. The summed E-state index contributed by atoms with van der Waals surface area (Å²) in [4.78, 5) is 14.0. The first kappa shape index (κ1) is 17.6. The first-order valence-corrected chi connectivity index (χ1v) is 8.78. The van der Waals surface area contributed by atoms with E-state index in [1.165, 1.54) is 19.3 Å². The summed E-state index contributed by atoms with van der Waals surface area (Å²) < 4.78 is 5.47. The van der Waals surface area contributed by atoms with Crippen LogP contribution in [0.5, 0.6) is 0 Å². The maximum atomic E-state index is 12.1. The second-order valence-corrected chi connectivity index (χ2v) is 9.19. The molecule has 0 aromatic heterocycles. The number of amides is 1. The second kappa shape index (κ2) is 6.38. The van der Waals surface area contributed by atoms with E-state index in [-0.39, 0.29) is 6.09 Å². The van der Waals surface area contributed by atoms with Gasteiger partial charge in [-0.25, -0.2) is 4.79 Å². The molecule has 2 aliphatic rings. The summed E-state index contributed by atoms with van der Waals surface area (Å²) in [5, 5.41) is 3.80. The zero-order valence-corrected chi connectivity index (χ0v) is 15.2. The summed E-state index contributed by atoms with van der Waals surface area (Å²) >= 11 is 0. The first-order valence-electron chi connectivity index (χ1n) is 8.78. The molecular weight excluding hydrogens is 276 g/mol. The number of hydrogen-bond acceptors (Lipinski definition) is 3. The molecular formula is C18H34N2O2. The topological polar surface area (TPSA) is 41.6 Å². The number of nitrogens with one attached hydrogen (secondary N) is 1. The summed E-state index contributed by atoms with van der Waals surface area (Å²) in [6, 6.07) is 1.00. The van der Waals surface area contributed by atoms with Crippen molar-refractivity contribution in [2.75, 3.05) is 13.1 Å². The summed E-state index contributed by atoms with van der Waals surface area (Å²) in [5.74, 6) is 0.782. The van der Waals surface area contributed by atoms with Gasteiger partial charge < -0.3 is 15.0 Å². The van der Waals surface area contributed by atoms with E-state index in [1.54, 1.807) is 0 Å². The van der Waals surface area contributed by atoms with E-state index >= 15 is 0 Å². The molecule has 0 radical (unpaired) electrons. The minimum Gasteiger partial charge on any atom is -0.444 e. The van der Waals surface area contributed by atoms with Crippen molar-refractivity contribution in [1.29, 1.82) is 0 Å². The molecule has 3 unspecified atom stereocenters. The lowest BCUT2D eigenvalue weighted by Gasteiger charge is -2.40. The van der Waals surface area contributed by atoms with Gasteiger partial charge in [-0.2, -0.15) is 0 Å². The molecule has 4 heteroatoms. The third-order valence-electron chi connectivity index (χ3n) is 4.70. The van der Waals surface area contributed by atoms with Gasteiger partial charge in [0.05, 0.1) is 0 Å². The molecule has 0 bridgehead atoms. The zero-order chi connectivity index (χ0) is 16.5. The fraction of sp³-hybridized carbons (Fsp3) is 0.944. The van der Waals surface area contributed by atoms with Crippen LogP contribution >= 0.6 is 0 Å². The SMILES string of the molecule is CC1CC(NC2CCN(C(=O)OC(C)(C)C)C2)CC(C)(C)C1. The van der Waals surface area contributed by atoms with Gasteiger partial charge in [0.2, 0.25) is 0 Å². The first-order chi connectivity index (χ1) is 10.0. The van der Waals surface area contributed by atoms with Crippen molar-refractivity contribution in [3.05, 3.63) is 0 Å². The van der Waals surface area contributed by atoms with Crippen molar-refractivity contribution >= 4 is 6.09 Å². The van der Waals surface area contributed by atoms with E-state index in [2.05, 4.69) is 26.1 Å². The number of rotatable bonds is 2. The Kier molecular flexibility index (Phi) is 5.10. The molecule has 1 N–H and O–H groups in total. The third kappa shape index (κ3) is 5.15. The van der Waals surface area contributed by atoms with Gasteiger partial charge in [-0.05, 0) is 57.8 Å². The number of hydrogen-bond donors (Lipinski definition) is 1. The van der Waals surface area contributed by atoms with Crippen LogP contribution in [0.1, 0.15) is 67.2 Å². The molecule has 0 spiro atoms. The van der Waals surface area contributed by atoms with Crippen molar-refractivity contribution in [3.63, 3.8) is 0 Å². The molecule has 3 atom stereocenters. The highest BCUT2D eigenvalue weighted by Gasteiger charge is 2.35. The highest BCUT2D eigenvalue weighted by atomic mass is 16.6. The van der Waals surface area contributed by atoms with Crippen LogP contribution in [0.3, 0.4) is 0 Å². The van der Waals surface area contributed by atoms with Crippen molar-refractivity contribution < 1.29 is 9.53 Å². The van der Waals surface area contributed by atoms with Crippen LogP contribution in [-0.4, -0.2) is 41.8 Å². The number of carbonyl (C=O) groups is 1. The van der Waals surface area contributed by atoms with Gasteiger partial charge in [0.15, 0.2) is 0 Å². The van der Waals surface area contributed by atoms with E-state index < -0.39 is 5.60 Å². The van der Waals surface area contributed by atoms with Crippen molar-refractivity contribution in [1.82, 2.24) is 10.2 Å². The Morgan fingerprint density at radius 3 is 2.50 bits per heavy atom. The zero-order valence-electron chi connectivity index (χ0n) is 15.2. The molecule has 2 rings (SSSR count). The number of ether oxygens (including phenoxy) is 1. The Balaban J connectivity index is 1.82. The molecule has 128 valence electrons. The highest BCUT2D eigenvalue weighted by molar-refractivity contribution is 5.68. The molecule has 22 heavy (non-hydrogen) atoms. The van der Waals surface area contributed by atoms with Crippen LogP contribution in [-0.2, 0) is 4.74 Å². The lowest BCUT2D eigenvalue weighted by molar-refractivity contribution is 0.0288. The fourth-order valence-corrected chi connectivity index (χ4v) is 4.19. The van der Waals surface area contributed by atoms with E-state index in [9.17, 15) is 4.79 Å². The molecule has 1 aliphatic heterocycles. The molecule has 1 aliphatic carbocycles. The average molecular weight is 310 g/mol. The lowest BCUT2D eigenvalue weighted by atomic mass is 9.70. The van der Waals surface area contributed by atoms with Crippen molar-refractivity contribution in [3.8, 4) is 0 Å². The Labute approximate surface area is 136 Å². The second-order valence-electron chi connectivity index (χ2n) is 9.19. The average Bonchev–Trinajstić information content (AvgIpc) is 2.72. The largest absolute Gasteiger partial charge is 0.444 e. The van der Waals surface area contributed by atoms with Crippen LogP contribution in [0.15, 0.2) is 0 Å². The van der Waals surface area contributed by atoms with E-state index in [1.807, 2.05) is 25.7 Å². The number of carbonyl (C=O) groups excluding carboxylic acids is 1. The smallest absolute Gasteiger partial charge is 0.410 e. The standard InChI is InChI=1S/C18H34N2O2/c1-13-9-15(11-18(5,6)10-13)19-14-7-8-20(12-14)16(21)22-17(2,3)4/h13-15,19H,7-12H2,1-6H3. The van der Waals surface area contributed by atoms with E-state index in [0.717, 1.165) is 25.4 Å². The molecule has 0 aromatic rings. The highest BCUT2D eigenvalue weighted by Crippen LogP contribution is 2.38. The van der Waals surface area contributed by atoms with E-state index in [0.29, 0.717) is 17.5 Å². The maximum absolute atomic E-state index is 12.1. The van der Waals surface area contributed by atoms with E-state index in [4.69, 9.17) is 4.74 Å². The Bertz CT molecular complexity index is 400. The lowest BCUT2D eigenvalue weighted by Crippen LogP contribution is -2.46. The summed E-state index contributed by atoms with van der Waals surface area (Å²) in [6.07, 6.45) is 4.67. The predicted octanol–water partition coefficient (Wildman–Crippen LogP) is 3.80. The molecule has 1 heterocycles. The van der Waals surface area contributed by atoms with Crippen LogP contribution < -0.4 is 5.32 Å². The summed E-state index contributed by atoms with van der Waals surface area (Å²) in [7, 11) is 0. The minimum absolute atomic E-state index is 0.172. The minimum atomic E-state index is -0.411. The van der Waals surface area contributed by atoms with Gasteiger partial charge >= 0.3 is 6.09 Å². The van der Waals surface area contributed by atoms with Gasteiger partial charge in [-0.1, -0.05) is 20.8 Å². The summed E-state index contributed by atoms with van der Waals surface area (Å²) in [6.45, 7) is 14.4. The van der Waals surface area contributed by atoms with Crippen molar-refractivity contribution in [2.45, 2.75) is 84.9 Å². The number of likely N-dealkylation sites (tertiary alicyclic amines) is 1. The molecule has 2 fully saturated rings. The number of nitrogens with zero attached hydrogens (tertiary/aromatic N) is 1. The van der Waals surface area contributed by atoms with Gasteiger partial charge in [0.1, 0.15) is 5.60 Å². The molecule has 1 saturated carbocycles. The summed E-state index contributed by atoms with van der Waals surface area (Å²) in [5.41, 5.74) is 0.0181. The fourth-order valence-electron chi connectivity index (χ4n) is 4.19. The molecule has 0 aromatic carbocycles. The van der Waals surface area contributed by atoms with Gasteiger partial charge in [-0.3, -0.25) is 0 Å². The maximum Gasteiger partial charge on any atom is 0.410 e. The Hall–Kier alpha value is -0.770. The third-order valence-corrected chi connectivity index (χ3v) is 4.70. The van der Waals surface area contributed by atoms with Gasteiger partial charge in [-0.15, -0.1) is 0 Å². The van der Waals surface area contributed by atoms with Crippen LogP contribution in [0.4, 0.5) is 4.79 Å². The van der Waals surface area contributed by atoms with Gasteiger partial charge in [0.25, 0.3) is 0 Å². The molecule has 1 amide bonds. The van der Waals surface area contributed by atoms with Crippen molar-refractivity contribution in [2.24, 2.45) is 11.3 Å². The predicted molar refractivity (Wildman–Crippen MR) is 89.9 cm³/mol. The van der Waals surface area contributed by atoms with Crippen LogP contribution in [0.2, 0.25) is 0 Å². The molecule has 1 saturated heterocycles. The molecule has 4 nitrogen and oxygen atoms in total.